The van der Waals surface area contributed by atoms with Crippen LogP contribution in [0.25, 0.3) is 0 Å². The molecule has 1 heterocycles. The number of alkyl halides is 1. The van der Waals surface area contributed by atoms with Crippen molar-refractivity contribution < 1.29 is 13.2 Å². The normalized spacial score (nSPS) is 33.0. The van der Waals surface area contributed by atoms with E-state index in [0.717, 1.165) is 0 Å². The lowest BCUT2D eigenvalue weighted by Crippen LogP contribution is -2.13. The first-order chi connectivity index (χ1) is 4.04. The van der Waals surface area contributed by atoms with Crippen LogP contribution in [-0.4, -0.2) is 24.1 Å². The maximum absolute atomic E-state index is 10.7. The van der Waals surface area contributed by atoms with Crippen LogP contribution in [0.1, 0.15) is 6.42 Å². The topological polar surface area (TPSA) is 51.2 Å². The first kappa shape index (κ1) is 7.21. The van der Waals surface area contributed by atoms with E-state index in [1.54, 1.807) is 0 Å². The van der Waals surface area contributed by atoms with Gasteiger partial charge in [-0.05, 0) is 0 Å². The van der Waals surface area contributed by atoms with Gasteiger partial charge in [-0.3, -0.25) is 4.79 Å². The van der Waals surface area contributed by atoms with Gasteiger partial charge < -0.3 is 0 Å². The number of carbonyl (C=O) groups excluding carboxylic acids is 1. The van der Waals surface area contributed by atoms with Crippen LogP contribution in [0.2, 0.25) is 0 Å². The molecule has 0 N–H and O–H groups in total. The molecule has 1 aliphatic rings. The van der Waals surface area contributed by atoms with Gasteiger partial charge in [0.1, 0.15) is 0 Å². The Balaban J connectivity index is 3.00. The van der Waals surface area contributed by atoms with Crippen molar-refractivity contribution >= 4 is 31.6 Å². The minimum absolute atomic E-state index is 0.00174. The molecule has 1 fully saturated rings. The van der Waals surface area contributed by atoms with Gasteiger partial charge in [0.05, 0.1) is 5.75 Å². The lowest BCUT2D eigenvalue weighted by Gasteiger charge is -1.92. The maximum Gasteiger partial charge on any atom is 0.174 e. The molecule has 0 spiro atoms. The zero-order valence-corrected chi connectivity index (χ0v) is 6.91. The fraction of sp³-hybridized carbons (Fsp3) is 0.750. The molecular formula is C4H5BrO3S. The highest BCUT2D eigenvalue weighted by atomic mass is 79.9. The average molecular weight is 213 g/mol. The summed E-state index contributed by atoms with van der Waals surface area (Å²) < 4.78 is 20.5. The van der Waals surface area contributed by atoms with E-state index in [1.807, 2.05) is 0 Å². The summed E-state index contributed by atoms with van der Waals surface area (Å²) in [6, 6.07) is 0. The SMILES string of the molecule is O=C1CCS(=O)(=O)C1Br. The molecule has 0 amide bonds. The van der Waals surface area contributed by atoms with Crippen LogP contribution in [0, 0.1) is 0 Å². The van der Waals surface area contributed by atoms with Crippen LogP contribution in [0.5, 0.6) is 0 Å². The van der Waals surface area contributed by atoms with E-state index in [1.165, 1.54) is 0 Å². The number of carbonyl (C=O) groups is 1. The Kier molecular flexibility index (Phi) is 1.65. The quantitative estimate of drug-likeness (QED) is 0.536. The minimum atomic E-state index is -3.11. The second kappa shape index (κ2) is 2.05. The van der Waals surface area contributed by atoms with Gasteiger partial charge in [0.15, 0.2) is 19.8 Å². The summed E-state index contributed by atoms with van der Waals surface area (Å²) >= 11 is 2.79. The van der Waals surface area contributed by atoms with Crippen LogP contribution in [0.15, 0.2) is 0 Å². The fourth-order valence-corrected chi connectivity index (χ4v) is 2.66. The monoisotopic (exact) mass is 212 g/mol. The molecule has 0 aliphatic carbocycles. The number of Topliss-reactive ketones (excluding diaryl/α,β-unsaturated/α-hetero) is 1. The number of ketones is 1. The molecule has 5 heteroatoms. The zero-order chi connectivity index (χ0) is 7.07. The first-order valence-electron chi connectivity index (χ1n) is 2.42. The molecule has 9 heavy (non-hydrogen) atoms. The Morgan fingerprint density at radius 3 is 2.22 bits per heavy atom. The molecule has 0 bridgehead atoms. The standard InChI is InChI=1S/C4H5BrO3S/c5-4-3(6)1-2-9(4,7)8/h4H,1-2H2. The zero-order valence-electron chi connectivity index (χ0n) is 4.50. The summed E-state index contributed by atoms with van der Waals surface area (Å²) in [6.45, 7) is 0. The summed E-state index contributed by atoms with van der Waals surface area (Å²) in [7, 11) is -3.11. The lowest BCUT2D eigenvalue weighted by molar-refractivity contribution is -0.116. The molecule has 1 saturated heterocycles. The molecule has 0 aromatic heterocycles. The molecule has 1 rings (SSSR count). The third kappa shape index (κ3) is 1.16. The van der Waals surface area contributed by atoms with Crippen LogP contribution in [-0.2, 0) is 14.6 Å². The summed E-state index contributed by atoms with van der Waals surface area (Å²) in [6.07, 6.45) is 0.165. The van der Waals surface area contributed by atoms with Crippen molar-refractivity contribution in [1.29, 1.82) is 0 Å². The highest BCUT2D eigenvalue weighted by Gasteiger charge is 2.36. The molecule has 1 atom stereocenters. The molecule has 0 radical (unpaired) electrons. The minimum Gasteiger partial charge on any atom is -0.297 e. The highest BCUT2D eigenvalue weighted by Crippen LogP contribution is 2.21. The van der Waals surface area contributed by atoms with Crippen molar-refractivity contribution in [3.05, 3.63) is 0 Å². The second-order valence-electron chi connectivity index (χ2n) is 1.90. The number of hydrogen-bond acceptors (Lipinski definition) is 3. The van der Waals surface area contributed by atoms with Gasteiger partial charge in [-0.2, -0.15) is 0 Å². The van der Waals surface area contributed by atoms with Gasteiger partial charge in [-0.25, -0.2) is 8.42 Å². The Morgan fingerprint density at radius 1 is 1.56 bits per heavy atom. The summed E-state index contributed by atoms with van der Waals surface area (Å²) in [5, 5.41) is 0. The maximum atomic E-state index is 10.7. The number of hydrogen-bond donors (Lipinski definition) is 0. The lowest BCUT2D eigenvalue weighted by atomic mass is 10.4. The van der Waals surface area contributed by atoms with Gasteiger partial charge in [-0.1, -0.05) is 15.9 Å². The van der Waals surface area contributed by atoms with Gasteiger partial charge in [0.25, 0.3) is 0 Å². The third-order valence-electron chi connectivity index (χ3n) is 1.20. The van der Waals surface area contributed by atoms with Crippen LogP contribution in [0.4, 0.5) is 0 Å². The van der Waals surface area contributed by atoms with Gasteiger partial charge in [-0.15, -0.1) is 0 Å². The fourth-order valence-electron chi connectivity index (χ4n) is 0.660. The first-order valence-corrected chi connectivity index (χ1v) is 5.05. The van der Waals surface area contributed by atoms with Crippen molar-refractivity contribution in [3.8, 4) is 0 Å². The summed E-state index contributed by atoms with van der Waals surface area (Å²) in [4.78, 5) is 10.6. The summed E-state index contributed by atoms with van der Waals surface area (Å²) in [5.74, 6) is -0.225. The Labute approximate surface area is 61.5 Å². The largest absolute Gasteiger partial charge is 0.297 e. The van der Waals surface area contributed by atoms with Gasteiger partial charge >= 0.3 is 0 Å². The van der Waals surface area contributed by atoms with Gasteiger partial charge in [0, 0.05) is 6.42 Å². The van der Waals surface area contributed by atoms with E-state index in [-0.39, 0.29) is 18.0 Å². The molecule has 1 aliphatic heterocycles. The van der Waals surface area contributed by atoms with E-state index < -0.39 is 14.0 Å². The van der Waals surface area contributed by atoms with Crippen LogP contribution in [0.3, 0.4) is 0 Å². The van der Waals surface area contributed by atoms with E-state index in [2.05, 4.69) is 15.9 Å². The van der Waals surface area contributed by atoms with E-state index in [9.17, 15) is 13.2 Å². The molecule has 0 aromatic carbocycles. The predicted molar refractivity (Wildman–Crippen MR) is 36.1 cm³/mol. The smallest absolute Gasteiger partial charge is 0.174 e. The number of rotatable bonds is 0. The van der Waals surface area contributed by atoms with Crippen molar-refractivity contribution in [2.75, 3.05) is 5.75 Å². The van der Waals surface area contributed by atoms with Crippen molar-refractivity contribution in [2.24, 2.45) is 0 Å². The molecule has 0 saturated carbocycles. The Bertz CT molecular complexity index is 230. The molecule has 0 aromatic rings. The predicted octanol–water partition coefficient (Wildman–Crippen LogP) is 0.0950. The van der Waals surface area contributed by atoms with Gasteiger partial charge in [0.2, 0.25) is 0 Å². The van der Waals surface area contributed by atoms with E-state index >= 15 is 0 Å². The van der Waals surface area contributed by atoms with Crippen molar-refractivity contribution in [2.45, 2.75) is 10.6 Å². The second-order valence-corrected chi connectivity index (χ2v) is 5.63. The van der Waals surface area contributed by atoms with Crippen LogP contribution >= 0.6 is 15.9 Å². The molecule has 52 valence electrons. The Morgan fingerprint density at radius 2 is 2.11 bits per heavy atom. The average Bonchev–Trinajstić information content (AvgIpc) is 1.97. The molecular weight excluding hydrogens is 208 g/mol. The number of sulfone groups is 1. The molecule has 3 nitrogen and oxygen atoms in total. The number of halogens is 1. The van der Waals surface area contributed by atoms with E-state index in [4.69, 9.17) is 0 Å². The highest BCUT2D eigenvalue weighted by molar-refractivity contribution is 9.11. The summed E-state index contributed by atoms with van der Waals surface area (Å²) in [5.41, 5.74) is 0. The van der Waals surface area contributed by atoms with E-state index in [0.29, 0.717) is 0 Å². The Hall–Kier alpha value is 0.1000. The van der Waals surface area contributed by atoms with Crippen molar-refractivity contribution in [1.82, 2.24) is 0 Å². The third-order valence-corrected chi connectivity index (χ3v) is 5.09. The van der Waals surface area contributed by atoms with Crippen molar-refractivity contribution in [3.63, 3.8) is 0 Å². The van der Waals surface area contributed by atoms with Crippen LogP contribution < -0.4 is 0 Å². The molecule has 1 unspecified atom stereocenters.